The third-order valence-corrected chi connectivity index (χ3v) is 4.99. The summed E-state index contributed by atoms with van der Waals surface area (Å²) in [5.41, 5.74) is 2.09. The van der Waals surface area contributed by atoms with Crippen molar-refractivity contribution < 1.29 is 18.6 Å². The van der Waals surface area contributed by atoms with Gasteiger partial charge in [0.2, 0.25) is 5.95 Å². The van der Waals surface area contributed by atoms with Crippen LogP contribution in [0, 0.1) is 5.95 Å². The molecule has 0 spiro atoms. The van der Waals surface area contributed by atoms with E-state index < -0.39 is 5.95 Å². The number of pyridine rings is 1. The predicted molar refractivity (Wildman–Crippen MR) is 101 cm³/mol. The van der Waals surface area contributed by atoms with Crippen molar-refractivity contribution in [3.05, 3.63) is 59.7 Å². The zero-order valence-electron chi connectivity index (χ0n) is 14.7. The SMILES string of the molecule is COc1cc2ncn(-c3cc(OCc4cccnc4F)cs3)c2cc1OC. The van der Waals surface area contributed by atoms with Crippen molar-refractivity contribution in [2.45, 2.75) is 6.61 Å². The van der Waals surface area contributed by atoms with Crippen LogP contribution in [-0.4, -0.2) is 28.8 Å². The molecule has 27 heavy (non-hydrogen) atoms. The first-order chi connectivity index (χ1) is 13.2. The van der Waals surface area contributed by atoms with Gasteiger partial charge in [0.05, 0.1) is 25.3 Å². The first-order valence-corrected chi connectivity index (χ1v) is 8.97. The van der Waals surface area contributed by atoms with E-state index in [9.17, 15) is 4.39 Å². The molecule has 0 aliphatic heterocycles. The van der Waals surface area contributed by atoms with Crippen LogP contribution in [0.2, 0.25) is 0 Å². The number of rotatable bonds is 6. The van der Waals surface area contributed by atoms with Crippen molar-refractivity contribution >= 4 is 22.4 Å². The number of benzene rings is 1. The summed E-state index contributed by atoms with van der Waals surface area (Å²) in [4.78, 5) is 8.05. The van der Waals surface area contributed by atoms with Crippen LogP contribution in [0.25, 0.3) is 16.0 Å². The Morgan fingerprint density at radius 2 is 1.93 bits per heavy atom. The molecule has 138 valence electrons. The summed E-state index contributed by atoms with van der Waals surface area (Å²) in [7, 11) is 3.19. The van der Waals surface area contributed by atoms with Gasteiger partial charge in [-0.2, -0.15) is 4.39 Å². The summed E-state index contributed by atoms with van der Waals surface area (Å²) in [6.45, 7) is 0.117. The lowest BCUT2D eigenvalue weighted by Crippen LogP contribution is -1.99. The number of hydrogen-bond donors (Lipinski definition) is 0. The summed E-state index contributed by atoms with van der Waals surface area (Å²) in [5, 5.41) is 2.79. The number of imidazole rings is 1. The molecule has 0 bridgehead atoms. The van der Waals surface area contributed by atoms with E-state index in [1.165, 1.54) is 17.5 Å². The van der Waals surface area contributed by atoms with Gasteiger partial charge in [-0.1, -0.05) is 0 Å². The van der Waals surface area contributed by atoms with Crippen molar-refractivity contribution in [3.63, 3.8) is 0 Å². The molecular weight excluding hydrogens is 369 g/mol. The lowest BCUT2D eigenvalue weighted by atomic mass is 10.2. The van der Waals surface area contributed by atoms with Gasteiger partial charge in [0, 0.05) is 35.3 Å². The Hall–Kier alpha value is -3.13. The van der Waals surface area contributed by atoms with Crippen LogP contribution in [0.5, 0.6) is 17.2 Å². The summed E-state index contributed by atoms with van der Waals surface area (Å²) < 4.78 is 31.9. The fourth-order valence-corrected chi connectivity index (χ4v) is 3.53. The van der Waals surface area contributed by atoms with E-state index in [2.05, 4.69) is 9.97 Å². The Morgan fingerprint density at radius 3 is 2.70 bits per heavy atom. The minimum Gasteiger partial charge on any atom is -0.493 e. The molecule has 0 aliphatic carbocycles. The molecule has 1 aromatic carbocycles. The molecule has 3 heterocycles. The Balaban J connectivity index is 1.60. The topological polar surface area (TPSA) is 58.4 Å². The monoisotopic (exact) mass is 385 g/mol. The zero-order valence-corrected chi connectivity index (χ0v) is 15.5. The number of methoxy groups -OCH3 is 2. The maximum Gasteiger partial charge on any atom is 0.219 e. The molecule has 0 unspecified atom stereocenters. The summed E-state index contributed by atoms with van der Waals surface area (Å²) >= 11 is 1.50. The molecule has 6 nitrogen and oxygen atoms in total. The van der Waals surface area contributed by atoms with Gasteiger partial charge in [0.25, 0.3) is 0 Å². The van der Waals surface area contributed by atoms with Gasteiger partial charge in [0.15, 0.2) is 11.5 Å². The Morgan fingerprint density at radius 1 is 1.11 bits per heavy atom. The average Bonchev–Trinajstić information content (AvgIpc) is 3.32. The van der Waals surface area contributed by atoms with Crippen LogP contribution < -0.4 is 14.2 Å². The van der Waals surface area contributed by atoms with E-state index in [0.29, 0.717) is 22.8 Å². The molecule has 8 heteroatoms. The maximum atomic E-state index is 13.6. The van der Waals surface area contributed by atoms with Gasteiger partial charge in [-0.15, -0.1) is 11.3 Å². The lowest BCUT2D eigenvalue weighted by Gasteiger charge is -2.08. The molecule has 0 fully saturated rings. The molecule has 0 saturated heterocycles. The third kappa shape index (κ3) is 3.31. The normalized spacial score (nSPS) is 10.9. The fraction of sp³-hybridized carbons (Fsp3) is 0.158. The Kier molecular flexibility index (Phi) is 4.64. The highest BCUT2D eigenvalue weighted by atomic mass is 32.1. The van der Waals surface area contributed by atoms with Crippen LogP contribution in [0.1, 0.15) is 5.56 Å². The molecule has 4 aromatic rings. The molecular formula is C19H16FN3O3S. The summed E-state index contributed by atoms with van der Waals surface area (Å²) in [6, 6.07) is 8.93. The minimum atomic E-state index is -0.519. The number of halogens is 1. The van der Waals surface area contributed by atoms with Crippen LogP contribution in [0.3, 0.4) is 0 Å². The minimum absolute atomic E-state index is 0.117. The van der Waals surface area contributed by atoms with Crippen LogP contribution in [0.15, 0.2) is 48.2 Å². The molecule has 0 saturated carbocycles. The molecule has 0 radical (unpaired) electrons. The smallest absolute Gasteiger partial charge is 0.219 e. The summed E-state index contributed by atoms with van der Waals surface area (Å²) in [6.07, 6.45) is 3.15. The molecule has 0 amide bonds. The van der Waals surface area contributed by atoms with E-state index in [-0.39, 0.29) is 6.61 Å². The standard InChI is InChI=1S/C19H16FN3O3S/c1-24-16-7-14-15(8-17(16)25-2)23(11-22-14)18-6-13(10-27-18)26-9-12-4-3-5-21-19(12)20/h3-8,10-11H,9H2,1-2H3. The number of hydrogen-bond acceptors (Lipinski definition) is 6. The second-order valence-corrected chi connectivity index (χ2v) is 6.56. The number of aromatic nitrogens is 3. The Bertz CT molecular complexity index is 1090. The van der Waals surface area contributed by atoms with Gasteiger partial charge in [0.1, 0.15) is 23.7 Å². The molecule has 0 N–H and O–H groups in total. The predicted octanol–water partition coefficient (Wildman–Crippen LogP) is 4.22. The van der Waals surface area contributed by atoms with Gasteiger partial charge in [-0.3, -0.25) is 4.57 Å². The lowest BCUT2D eigenvalue weighted by molar-refractivity contribution is 0.299. The van der Waals surface area contributed by atoms with Crippen molar-refractivity contribution in [1.29, 1.82) is 0 Å². The van der Waals surface area contributed by atoms with E-state index >= 15 is 0 Å². The van der Waals surface area contributed by atoms with Crippen molar-refractivity contribution in [3.8, 4) is 22.2 Å². The van der Waals surface area contributed by atoms with E-state index in [1.54, 1.807) is 32.7 Å². The van der Waals surface area contributed by atoms with Crippen molar-refractivity contribution in [2.75, 3.05) is 14.2 Å². The maximum absolute atomic E-state index is 13.6. The first-order valence-electron chi connectivity index (χ1n) is 8.09. The van der Waals surface area contributed by atoms with E-state index in [4.69, 9.17) is 14.2 Å². The van der Waals surface area contributed by atoms with Crippen LogP contribution in [0.4, 0.5) is 4.39 Å². The quantitative estimate of drug-likeness (QED) is 0.465. The largest absolute Gasteiger partial charge is 0.493 e. The Labute approximate surface area is 158 Å². The molecule has 3 aromatic heterocycles. The number of thiophene rings is 1. The zero-order chi connectivity index (χ0) is 18.8. The first kappa shape index (κ1) is 17.3. The van der Waals surface area contributed by atoms with Gasteiger partial charge >= 0.3 is 0 Å². The van der Waals surface area contributed by atoms with Gasteiger partial charge < -0.3 is 14.2 Å². The van der Waals surface area contributed by atoms with E-state index in [0.717, 1.165) is 16.0 Å². The highest BCUT2D eigenvalue weighted by molar-refractivity contribution is 7.12. The second-order valence-electron chi connectivity index (χ2n) is 5.67. The molecule has 4 rings (SSSR count). The average molecular weight is 385 g/mol. The molecule has 0 atom stereocenters. The highest BCUT2D eigenvalue weighted by Crippen LogP contribution is 2.34. The molecule has 0 aliphatic rings. The van der Waals surface area contributed by atoms with Crippen LogP contribution >= 0.6 is 11.3 Å². The second kappa shape index (κ2) is 7.24. The summed E-state index contributed by atoms with van der Waals surface area (Å²) in [5.74, 6) is 1.39. The number of fused-ring (bicyclic) bond motifs is 1. The van der Waals surface area contributed by atoms with Crippen LogP contribution in [-0.2, 0) is 6.61 Å². The number of ether oxygens (including phenoxy) is 3. The van der Waals surface area contributed by atoms with Crippen molar-refractivity contribution in [2.24, 2.45) is 0 Å². The van der Waals surface area contributed by atoms with Gasteiger partial charge in [-0.05, 0) is 12.1 Å². The fourth-order valence-electron chi connectivity index (χ4n) is 2.71. The number of nitrogens with zero attached hydrogens (tertiary/aromatic N) is 3. The highest BCUT2D eigenvalue weighted by Gasteiger charge is 2.13. The van der Waals surface area contributed by atoms with Gasteiger partial charge in [-0.25, -0.2) is 9.97 Å². The van der Waals surface area contributed by atoms with E-state index in [1.807, 2.05) is 28.1 Å². The third-order valence-electron chi connectivity index (χ3n) is 4.08. The van der Waals surface area contributed by atoms with Crippen molar-refractivity contribution in [1.82, 2.24) is 14.5 Å².